The molecule has 0 fully saturated rings. The molecular formula is C15H15ClFNO. The molecule has 0 aliphatic carbocycles. The predicted octanol–water partition coefficient (Wildman–Crippen LogP) is 3.95. The second-order valence-electron chi connectivity index (χ2n) is 4.33. The Hall–Kier alpha value is -1.58. The van der Waals surface area contributed by atoms with Crippen LogP contribution in [-0.4, -0.2) is 6.10 Å². The molecule has 0 radical (unpaired) electrons. The van der Waals surface area contributed by atoms with Crippen LogP contribution in [0.2, 0.25) is 5.02 Å². The number of halogens is 2. The van der Waals surface area contributed by atoms with Crippen molar-refractivity contribution in [2.75, 3.05) is 0 Å². The Morgan fingerprint density at radius 1 is 1.16 bits per heavy atom. The first-order chi connectivity index (χ1) is 9.08. The molecule has 19 heavy (non-hydrogen) atoms. The molecule has 2 unspecified atom stereocenters. The van der Waals surface area contributed by atoms with E-state index in [-0.39, 0.29) is 11.9 Å². The molecule has 0 bridgehead atoms. The van der Waals surface area contributed by atoms with E-state index >= 15 is 0 Å². The van der Waals surface area contributed by atoms with Crippen molar-refractivity contribution in [3.05, 3.63) is 64.9 Å². The van der Waals surface area contributed by atoms with E-state index in [0.717, 1.165) is 0 Å². The van der Waals surface area contributed by atoms with Crippen LogP contribution in [0.3, 0.4) is 0 Å². The highest BCUT2D eigenvalue weighted by molar-refractivity contribution is 6.30. The zero-order chi connectivity index (χ0) is 13.8. The zero-order valence-corrected chi connectivity index (χ0v) is 11.3. The normalized spacial score (nSPS) is 13.9. The van der Waals surface area contributed by atoms with Gasteiger partial charge in [-0.1, -0.05) is 35.9 Å². The van der Waals surface area contributed by atoms with E-state index < -0.39 is 6.04 Å². The van der Waals surface area contributed by atoms with Gasteiger partial charge in [0, 0.05) is 10.6 Å². The Bertz CT molecular complexity index is 561. The van der Waals surface area contributed by atoms with Gasteiger partial charge in [-0.15, -0.1) is 0 Å². The third kappa shape index (κ3) is 3.46. The second-order valence-corrected chi connectivity index (χ2v) is 4.76. The number of hydrogen-bond acceptors (Lipinski definition) is 2. The lowest BCUT2D eigenvalue weighted by molar-refractivity contribution is 0.188. The fraction of sp³-hybridized carbons (Fsp3) is 0.200. The maximum absolute atomic E-state index is 13.6. The average molecular weight is 280 g/mol. The standard InChI is InChI=1S/C15H15ClFNO/c1-10(19-12-6-4-5-11(16)9-12)15(18)13-7-2-3-8-14(13)17/h2-10,15H,18H2,1H3. The van der Waals surface area contributed by atoms with Gasteiger partial charge in [0.2, 0.25) is 0 Å². The van der Waals surface area contributed by atoms with E-state index in [1.807, 2.05) is 0 Å². The summed E-state index contributed by atoms with van der Waals surface area (Å²) in [6.07, 6.45) is -0.365. The van der Waals surface area contributed by atoms with Gasteiger partial charge in [0.15, 0.2) is 0 Å². The Morgan fingerprint density at radius 2 is 1.89 bits per heavy atom. The largest absolute Gasteiger partial charge is 0.489 e. The van der Waals surface area contributed by atoms with Crippen molar-refractivity contribution >= 4 is 11.6 Å². The summed E-state index contributed by atoms with van der Waals surface area (Å²) in [5.74, 6) is 0.295. The van der Waals surface area contributed by atoms with Crippen molar-refractivity contribution in [1.29, 1.82) is 0 Å². The van der Waals surface area contributed by atoms with E-state index in [1.54, 1.807) is 49.4 Å². The van der Waals surface area contributed by atoms with Crippen LogP contribution in [-0.2, 0) is 0 Å². The molecule has 100 valence electrons. The van der Waals surface area contributed by atoms with Gasteiger partial charge in [-0.2, -0.15) is 0 Å². The van der Waals surface area contributed by atoms with Crippen LogP contribution in [0.15, 0.2) is 48.5 Å². The van der Waals surface area contributed by atoms with Gasteiger partial charge in [0.25, 0.3) is 0 Å². The van der Waals surface area contributed by atoms with Crippen LogP contribution < -0.4 is 10.5 Å². The topological polar surface area (TPSA) is 35.2 Å². The fourth-order valence-corrected chi connectivity index (χ4v) is 2.01. The predicted molar refractivity (Wildman–Crippen MR) is 74.9 cm³/mol. The Kier molecular flexibility index (Phi) is 4.40. The molecule has 0 saturated carbocycles. The number of benzene rings is 2. The number of nitrogens with two attached hydrogens (primary N) is 1. The van der Waals surface area contributed by atoms with Crippen molar-refractivity contribution in [2.24, 2.45) is 5.73 Å². The van der Waals surface area contributed by atoms with E-state index in [0.29, 0.717) is 16.3 Å². The number of hydrogen-bond donors (Lipinski definition) is 1. The molecule has 0 heterocycles. The molecule has 0 aliphatic rings. The molecule has 2 aromatic carbocycles. The minimum Gasteiger partial charge on any atom is -0.489 e. The Labute approximate surface area is 117 Å². The maximum atomic E-state index is 13.6. The highest BCUT2D eigenvalue weighted by Gasteiger charge is 2.19. The van der Waals surface area contributed by atoms with Crippen LogP contribution >= 0.6 is 11.6 Å². The summed E-state index contributed by atoms with van der Waals surface area (Å²) in [7, 11) is 0. The molecule has 0 spiro atoms. The van der Waals surface area contributed by atoms with Gasteiger partial charge in [0.1, 0.15) is 17.7 Å². The van der Waals surface area contributed by atoms with Gasteiger partial charge in [0.05, 0.1) is 6.04 Å². The molecule has 2 rings (SSSR count). The molecule has 0 aliphatic heterocycles. The summed E-state index contributed by atoms with van der Waals surface area (Å²) < 4.78 is 19.3. The Morgan fingerprint density at radius 3 is 2.58 bits per heavy atom. The minimum absolute atomic E-state index is 0.323. The average Bonchev–Trinajstić information content (AvgIpc) is 2.38. The lowest BCUT2D eigenvalue weighted by atomic mass is 10.0. The highest BCUT2D eigenvalue weighted by Crippen LogP contribution is 2.23. The lowest BCUT2D eigenvalue weighted by Crippen LogP contribution is -2.29. The first-order valence-electron chi connectivity index (χ1n) is 6.00. The van der Waals surface area contributed by atoms with Gasteiger partial charge in [-0.05, 0) is 31.2 Å². The van der Waals surface area contributed by atoms with Crippen LogP contribution in [0.1, 0.15) is 18.5 Å². The molecule has 2 aromatic rings. The zero-order valence-electron chi connectivity index (χ0n) is 10.5. The maximum Gasteiger partial charge on any atom is 0.128 e. The molecule has 0 saturated heterocycles. The van der Waals surface area contributed by atoms with Crippen LogP contribution in [0.25, 0.3) is 0 Å². The minimum atomic E-state index is -0.541. The SMILES string of the molecule is CC(Oc1cccc(Cl)c1)C(N)c1ccccc1F. The Balaban J connectivity index is 2.12. The number of ether oxygens (including phenoxy) is 1. The third-order valence-corrected chi connectivity index (χ3v) is 3.12. The summed E-state index contributed by atoms with van der Waals surface area (Å²) >= 11 is 5.88. The summed E-state index contributed by atoms with van der Waals surface area (Å²) in [5.41, 5.74) is 6.47. The first-order valence-corrected chi connectivity index (χ1v) is 6.38. The summed E-state index contributed by atoms with van der Waals surface area (Å²) in [6.45, 7) is 1.80. The quantitative estimate of drug-likeness (QED) is 0.920. The molecule has 4 heteroatoms. The van der Waals surface area contributed by atoms with Gasteiger partial charge in [-0.25, -0.2) is 4.39 Å². The van der Waals surface area contributed by atoms with E-state index in [1.165, 1.54) is 6.07 Å². The van der Waals surface area contributed by atoms with Gasteiger partial charge >= 0.3 is 0 Å². The monoisotopic (exact) mass is 279 g/mol. The van der Waals surface area contributed by atoms with Gasteiger partial charge < -0.3 is 10.5 Å². The van der Waals surface area contributed by atoms with Crippen molar-refractivity contribution in [2.45, 2.75) is 19.1 Å². The molecule has 2 nitrogen and oxygen atoms in total. The van der Waals surface area contributed by atoms with Crippen molar-refractivity contribution in [3.8, 4) is 5.75 Å². The van der Waals surface area contributed by atoms with Crippen molar-refractivity contribution in [1.82, 2.24) is 0 Å². The first kappa shape index (κ1) is 13.8. The number of rotatable bonds is 4. The van der Waals surface area contributed by atoms with Crippen LogP contribution in [0, 0.1) is 5.82 Å². The van der Waals surface area contributed by atoms with Crippen LogP contribution in [0.5, 0.6) is 5.75 Å². The van der Waals surface area contributed by atoms with E-state index in [9.17, 15) is 4.39 Å². The van der Waals surface area contributed by atoms with E-state index in [4.69, 9.17) is 22.1 Å². The van der Waals surface area contributed by atoms with Crippen molar-refractivity contribution in [3.63, 3.8) is 0 Å². The molecule has 2 N–H and O–H groups in total. The fourth-order valence-electron chi connectivity index (χ4n) is 1.83. The van der Waals surface area contributed by atoms with Gasteiger partial charge in [-0.3, -0.25) is 0 Å². The summed E-state index contributed by atoms with van der Waals surface area (Å²) in [5, 5.41) is 0.587. The smallest absolute Gasteiger partial charge is 0.128 e. The molecule has 2 atom stereocenters. The molecule has 0 amide bonds. The van der Waals surface area contributed by atoms with Crippen molar-refractivity contribution < 1.29 is 9.13 Å². The van der Waals surface area contributed by atoms with E-state index in [2.05, 4.69) is 0 Å². The highest BCUT2D eigenvalue weighted by atomic mass is 35.5. The third-order valence-electron chi connectivity index (χ3n) is 2.89. The summed E-state index contributed by atoms with van der Waals surface area (Å²) in [6, 6.07) is 12.9. The lowest BCUT2D eigenvalue weighted by Gasteiger charge is -2.22. The molecule has 0 aromatic heterocycles. The van der Waals surface area contributed by atoms with Crippen LogP contribution in [0.4, 0.5) is 4.39 Å². The summed E-state index contributed by atoms with van der Waals surface area (Å²) in [4.78, 5) is 0. The second kappa shape index (κ2) is 6.04. The molecular weight excluding hydrogens is 265 g/mol.